The van der Waals surface area contributed by atoms with E-state index in [1.807, 2.05) is 32.0 Å². The molecular formula is C33H27N5. The Morgan fingerprint density at radius 2 is 1.37 bits per heavy atom. The minimum atomic E-state index is 0.582. The van der Waals surface area contributed by atoms with Gasteiger partial charge in [-0.15, -0.1) is 0 Å². The van der Waals surface area contributed by atoms with Gasteiger partial charge in [-0.2, -0.15) is 5.26 Å². The first-order valence-electron chi connectivity index (χ1n) is 12.7. The lowest BCUT2D eigenvalue weighted by Crippen LogP contribution is -2.03. The molecule has 0 amide bonds. The first-order chi connectivity index (χ1) is 18.3. The van der Waals surface area contributed by atoms with Crippen LogP contribution in [0.2, 0.25) is 0 Å². The average Bonchev–Trinajstić information content (AvgIpc) is 3.21. The lowest BCUT2D eigenvalue weighted by Gasteiger charge is -2.15. The van der Waals surface area contributed by atoms with Crippen molar-refractivity contribution in [2.24, 2.45) is 0 Å². The van der Waals surface area contributed by atoms with E-state index in [1.165, 1.54) is 27.8 Å². The third-order valence-corrected chi connectivity index (χ3v) is 7.11. The monoisotopic (exact) mass is 493 g/mol. The standard InChI is InChI=1S/C33H27N5/c1-19-14-20(2)32(21(3)15-19)25-11-13-27-26-8-6-7-9-29(26)38(31(27)17-25)30-16-24(18-34)10-12-28(30)33-36-22(4)35-23(5)37-33/h6-17H,1-5H3. The van der Waals surface area contributed by atoms with E-state index in [9.17, 15) is 5.26 Å². The summed E-state index contributed by atoms with van der Waals surface area (Å²) in [5.74, 6) is 1.93. The summed E-state index contributed by atoms with van der Waals surface area (Å²) >= 11 is 0. The molecule has 5 heteroatoms. The van der Waals surface area contributed by atoms with Crippen LogP contribution in [0.3, 0.4) is 0 Å². The van der Waals surface area contributed by atoms with Crippen LogP contribution in [-0.4, -0.2) is 19.5 Å². The Kier molecular flexibility index (Phi) is 5.54. The molecule has 0 radical (unpaired) electrons. The summed E-state index contributed by atoms with van der Waals surface area (Å²) in [5.41, 5.74) is 10.6. The number of para-hydroxylation sites is 1. The lowest BCUT2D eigenvalue weighted by molar-refractivity contribution is 0.926. The van der Waals surface area contributed by atoms with Gasteiger partial charge in [0.25, 0.3) is 0 Å². The summed E-state index contributed by atoms with van der Waals surface area (Å²) in [5, 5.41) is 12.1. The second kappa shape index (κ2) is 8.93. The predicted octanol–water partition coefficient (Wildman–Crippen LogP) is 7.72. The second-order valence-corrected chi connectivity index (χ2v) is 9.96. The van der Waals surface area contributed by atoms with Crippen LogP contribution in [0.25, 0.3) is 50.0 Å². The number of nitrogens with zero attached hydrogens (tertiary/aromatic N) is 5. The van der Waals surface area contributed by atoms with Crippen molar-refractivity contribution in [1.82, 2.24) is 19.5 Å². The quantitative estimate of drug-likeness (QED) is 0.253. The molecule has 0 aliphatic rings. The molecular weight excluding hydrogens is 466 g/mol. The maximum Gasteiger partial charge on any atom is 0.165 e. The lowest BCUT2D eigenvalue weighted by atomic mass is 9.93. The van der Waals surface area contributed by atoms with Gasteiger partial charge in [0.1, 0.15) is 11.6 Å². The molecule has 6 aromatic rings. The molecule has 4 aromatic carbocycles. The molecule has 0 saturated carbocycles. The Bertz CT molecular complexity index is 1890. The third-order valence-electron chi connectivity index (χ3n) is 7.11. The van der Waals surface area contributed by atoms with Gasteiger partial charge >= 0.3 is 0 Å². The van der Waals surface area contributed by atoms with E-state index >= 15 is 0 Å². The van der Waals surface area contributed by atoms with E-state index in [-0.39, 0.29) is 0 Å². The molecule has 0 N–H and O–H groups in total. The number of fused-ring (bicyclic) bond motifs is 3. The van der Waals surface area contributed by atoms with E-state index in [4.69, 9.17) is 0 Å². The van der Waals surface area contributed by atoms with Crippen molar-refractivity contribution in [3.05, 3.63) is 107 Å². The molecule has 0 saturated heterocycles. The average molecular weight is 494 g/mol. The summed E-state index contributed by atoms with van der Waals surface area (Å²) in [4.78, 5) is 13.7. The third kappa shape index (κ3) is 3.82. The fourth-order valence-corrected chi connectivity index (χ4v) is 5.73. The molecule has 184 valence electrons. The summed E-state index contributed by atoms with van der Waals surface area (Å²) in [6, 6.07) is 27.6. The second-order valence-electron chi connectivity index (χ2n) is 9.96. The summed E-state index contributed by atoms with van der Waals surface area (Å²) < 4.78 is 2.25. The van der Waals surface area contributed by atoms with Crippen molar-refractivity contribution in [3.63, 3.8) is 0 Å². The normalized spacial score (nSPS) is 11.3. The van der Waals surface area contributed by atoms with Gasteiger partial charge in [0.2, 0.25) is 0 Å². The van der Waals surface area contributed by atoms with Crippen molar-refractivity contribution in [2.45, 2.75) is 34.6 Å². The molecule has 38 heavy (non-hydrogen) atoms. The molecule has 0 aliphatic carbocycles. The maximum absolute atomic E-state index is 9.81. The number of hydrogen-bond donors (Lipinski definition) is 0. The van der Waals surface area contributed by atoms with Gasteiger partial charge in [-0.25, -0.2) is 15.0 Å². The highest BCUT2D eigenvalue weighted by atomic mass is 15.0. The number of benzene rings is 4. The van der Waals surface area contributed by atoms with Crippen molar-refractivity contribution in [2.75, 3.05) is 0 Å². The largest absolute Gasteiger partial charge is 0.308 e. The van der Waals surface area contributed by atoms with Crippen LogP contribution in [0.4, 0.5) is 0 Å². The molecule has 6 rings (SSSR count). The molecule has 0 bridgehead atoms. The first kappa shape index (κ1) is 23.6. The Hall–Kier alpha value is -4.82. The van der Waals surface area contributed by atoms with Crippen LogP contribution in [0.15, 0.2) is 72.8 Å². The molecule has 0 aliphatic heterocycles. The number of aryl methyl sites for hydroxylation is 5. The van der Waals surface area contributed by atoms with Crippen LogP contribution in [-0.2, 0) is 0 Å². The van der Waals surface area contributed by atoms with Crippen molar-refractivity contribution in [1.29, 1.82) is 5.26 Å². The number of rotatable bonds is 3. The van der Waals surface area contributed by atoms with Gasteiger partial charge in [0.15, 0.2) is 5.82 Å². The summed E-state index contributed by atoms with van der Waals surface area (Å²) in [6.45, 7) is 10.2. The number of nitriles is 1. The Morgan fingerprint density at radius 3 is 2.08 bits per heavy atom. The van der Waals surface area contributed by atoms with E-state index in [0.717, 1.165) is 33.1 Å². The van der Waals surface area contributed by atoms with Gasteiger partial charge in [-0.05, 0) is 87.2 Å². The van der Waals surface area contributed by atoms with Gasteiger partial charge in [0.05, 0.1) is 28.4 Å². The minimum Gasteiger partial charge on any atom is -0.308 e. The van der Waals surface area contributed by atoms with Crippen LogP contribution in [0, 0.1) is 45.9 Å². The Balaban J connectivity index is 1.73. The van der Waals surface area contributed by atoms with E-state index in [0.29, 0.717) is 23.0 Å². The van der Waals surface area contributed by atoms with Crippen molar-refractivity contribution < 1.29 is 0 Å². The van der Waals surface area contributed by atoms with Gasteiger partial charge < -0.3 is 4.57 Å². The topological polar surface area (TPSA) is 67.4 Å². The SMILES string of the molecule is Cc1cc(C)c(-c2ccc3c4ccccc4n(-c4cc(C#N)ccc4-c4nc(C)nc(C)n4)c3c2)c(C)c1. The zero-order chi connectivity index (χ0) is 26.6. The molecule has 2 aromatic heterocycles. The summed E-state index contributed by atoms with van der Waals surface area (Å²) in [7, 11) is 0. The van der Waals surface area contributed by atoms with Crippen molar-refractivity contribution in [3.8, 4) is 34.3 Å². The molecule has 0 fully saturated rings. The van der Waals surface area contributed by atoms with E-state index < -0.39 is 0 Å². The highest BCUT2D eigenvalue weighted by Crippen LogP contribution is 2.38. The fraction of sp³-hybridized carbons (Fsp3) is 0.152. The highest BCUT2D eigenvalue weighted by Gasteiger charge is 2.19. The Labute approximate surface area is 222 Å². The molecule has 0 spiro atoms. The van der Waals surface area contributed by atoms with Gasteiger partial charge in [-0.1, -0.05) is 48.0 Å². The van der Waals surface area contributed by atoms with Gasteiger partial charge in [0, 0.05) is 16.3 Å². The van der Waals surface area contributed by atoms with Crippen LogP contribution < -0.4 is 0 Å². The number of aromatic nitrogens is 4. The van der Waals surface area contributed by atoms with Crippen LogP contribution >= 0.6 is 0 Å². The molecule has 0 atom stereocenters. The zero-order valence-electron chi connectivity index (χ0n) is 22.2. The molecule has 5 nitrogen and oxygen atoms in total. The number of hydrogen-bond acceptors (Lipinski definition) is 4. The van der Waals surface area contributed by atoms with Gasteiger partial charge in [-0.3, -0.25) is 0 Å². The van der Waals surface area contributed by atoms with Crippen LogP contribution in [0.1, 0.15) is 33.9 Å². The fourth-order valence-electron chi connectivity index (χ4n) is 5.73. The Morgan fingerprint density at radius 1 is 0.684 bits per heavy atom. The summed E-state index contributed by atoms with van der Waals surface area (Å²) in [6.07, 6.45) is 0. The van der Waals surface area contributed by atoms with Crippen LogP contribution in [0.5, 0.6) is 0 Å². The zero-order valence-corrected chi connectivity index (χ0v) is 22.2. The van der Waals surface area contributed by atoms with E-state index in [1.54, 1.807) is 0 Å². The minimum absolute atomic E-state index is 0.582. The molecule has 0 unspecified atom stereocenters. The van der Waals surface area contributed by atoms with Crippen molar-refractivity contribution >= 4 is 21.8 Å². The smallest absolute Gasteiger partial charge is 0.165 e. The highest BCUT2D eigenvalue weighted by molar-refractivity contribution is 6.10. The van der Waals surface area contributed by atoms with E-state index in [2.05, 4.69) is 101 Å². The predicted molar refractivity (Wildman–Crippen MR) is 153 cm³/mol. The molecule has 2 heterocycles. The first-order valence-corrected chi connectivity index (χ1v) is 12.7. The maximum atomic E-state index is 9.81.